The van der Waals surface area contributed by atoms with Crippen LogP contribution >= 0.6 is 0 Å². The molecule has 5 heteroatoms. The summed E-state index contributed by atoms with van der Waals surface area (Å²) in [6.07, 6.45) is 10.0. The molecule has 0 spiro atoms. The molecule has 1 fully saturated rings. The summed E-state index contributed by atoms with van der Waals surface area (Å²) < 4.78 is 11.0. The van der Waals surface area contributed by atoms with Crippen LogP contribution in [0.2, 0.25) is 0 Å². The van der Waals surface area contributed by atoms with E-state index in [-0.39, 0.29) is 12.1 Å². The molecule has 23 heavy (non-hydrogen) atoms. The smallest absolute Gasteiger partial charge is 0.324 e. The average molecular weight is 327 g/mol. The van der Waals surface area contributed by atoms with E-state index in [0.29, 0.717) is 12.5 Å². The number of carbonyl (C=O) groups is 1. The predicted octanol–water partition coefficient (Wildman–Crippen LogP) is 3.00. The Morgan fingerprint density at radius 1 is 1.52 bits per heavy atom. The average Bonchev–Trinajstić information content (AvgIpc) is 2.56. The fraction of sp³-hybridized carbons (Fsp3) is 0.833. The number of hydrogen-bond acceptors (Lipinski definition) is 4. The molecular formula is C18H33NO4. The van der Waals surface area contributed by atoms with Crippen LogP contribution in [0.25, 0.3) is 0 Å². The second kappa shape index (κ2) is 11.6. The molecule has 2 N–H and O–H groups in total. The minimum absolute atomic E-state index is 0.121. The normalized spacial score (nSPS) is 22.8. The lowest BCUT2D eigenvalue weighted by molar-refractivity contribution is -0.138. The Bertz CT molecular complexity index is 353. The molecule has 0 aromatic heterocycles. The molecule has 1 rings (SSSR count). The molecule has 0 saturated carbocycles. The van der Waals surface area contributed by atoms with Gasteiger partial charge in [0.15, 0.2) is 0 Å². The summed E-state index contributed by atoms with van der Waals surface area (Å²) in [6.45, 7) is 5.75. The first-order valence-electron chi connectivity index (χ1n) is 8.84. The van der Waals surface area contributed by atoms with E-state index in [0.717, 1.165) is 32.3 Å². The maximum Gasteiger partial charge on any atom is 0.324 e. The number of unbranched alkanes of at least 4 members (excludes halogenated alkanes) is 1. The third-order valence-corrected chi connectivity index (χ3v) is 4.49. The number of ether oxygens (including phenoxy) is 2. The third kappa shape index (κ3) is 7.95. The van der Waals surface area contributed by atoms with Crippen molar-refractivity contribution in [2.24, 2.45) is 5.92 Å². The summed E-state index contributed by atoms with van der Waals surface area (Å²) in [6, 6.07) is -0.540. The molecule has 5 nitrogen and oxygen atoms in total. The topological polar surface area (TPSA) is 67.8 Å². The lowest BCUT2D eigenvalue weighted by Gasteiger charge is -2.25. The van der Waals surface area contributed by atoms with Gasteiger partial charge in [-0.25, -0.2) is 0 Å². The highest BCUT2D eigenvalue weighted by Gasteiger charge is 2.21. The van der Waals surface area contributed by atoms with E-state index >= 15 is 0 Å². The van der Waals surface area contributed by atoms with Crippen LogP contribution in [0.15, 0.2) is 12.2 Å². The number of hydrogen-bond donors (Lipinski definition) is 2. The summed E-state index contributed by atoms with van der Waals surface area (Å²) in [4.78, 5) is 11.4. The zero-order valence-electron chi connectivity index (χ0n) is 14.8. The second-order valence-corrected chi connectivity index (χ2v) is 6.45. The van der Waals surface area contributed by atoms with E-state index in [1.165, 1.54) is 12.8 Å². The molecule has 0 aromatic carbocycles. The summed E-state index contributed by atoms with van der Waals surface area (Å²) in [7, 11) is 1.73. The van der Waals surface area contributed by atoms with Gasteiger partial charge >= 0.3 is 5.97 Å². The van der Waals surface area contributed by atoms with Gasteiger partial charge in [-0.2, -0.15) is 0 Å². The monoisotopic (exact) mass is 327 g/mol. The first-order chi connectivity index (χ1) is 11.1. The van der Waals surface area contributed by atoms with E-state index in [1.54, 1.807) is 13.2 Å². The van der Waals surface area contributed by atoms with Crippen LogP contribution in [0.3, 0.4) is 0 Å². The minimum Gasteiger partial charge on any atom is -0.480 e. The van der Waals surface area contributed by atoms with Crippen LogP contribution in [0, 0.1) is 5.92 Å². The number of methoxy groups -OCH3 is 1. The van der Waals surface area contributed by atoms with Crippen molar-refractivity contribution in [2.75, 3.05) is 20.3 Å². The summed E-state index contributed by atoms with van der Waals surface area (Å²) in [5, 5.41) is 12.5. The van der Waals surface area contributed by atoms with E-state index in [1.807, 2.05) is 6.08 Å². The highest BCUT2D eigenvalue weighted by Crippen LogP contribution is 2.18. The van der Waals surface area contributed by atoms with Gasteiger partial charge in [-0.3, -0.25) is 10.1 Å². The Kier molecular flexibility index (Phi) is 10.2. The van der Waals surface area contributed by atoms with Crippen molar-refractivity contribution in [1.29, 1.82) is 0 Å². The van der Waals surface area contributed by atoms with Gasteiger partial charge in [-0.05, 0) is 31.6 Å². The van der Waals surface area contributed by atoms with E-state index < -0.39 is 12.0 Å². The largest absolute Gasteiger partial charge is 0.480 e. The third-order valence-electron chi connectivity index (χ3n) is 4.49. The van der Waals surface area contributed by atoms with Crippen molar-refractivity contribution in [1.82, 2.24) is 5.32 Å². The van der Waals surface area contributed by atoms with Crippen molar-refractivity contribution < 1.29 is 19.4 Å². The van der Waals surface area contributed by atoms with Gasteiger partial charge < -0.3 is 14.6 Å². The molecule has 0 unspecified atom stereocenters. The minimum atomic E-state index is -0.847. The van der Waals surface area contributed by atoms with Crippen molar-refractivity contribution in [2.45, 2.75) is 70.6 Å². The fourth-order valence-electron chi connectivity index (χ4n) is 2.96. The molecule has 0 amide bonds. The highest BCUT2D eigenvalue weighted by atomic mass is 16.5. The standard InChI is InChI=1S/C18H33NO4/c1-4-5-8-14(2)17(22-3)11-6-10-16(18(20)21)19-15-9-7-12-23-13-15/h6,10,14-17,19H,4-5,7-9,11-13H2,1-3H3,(H,20,21)/t14-,15-,16+,17+/m1/s1. The van der Waals surface area contributed by atoms with Crippen molar-refractivity contribution in [3.63, 3.8) is 0 Å². The number of nitrogens with one attached hydrogen (secondary N) is 1. The van der Waals surface area contributed by atoms with Crippen LogP contribution in [0.5, 0.6) is 0 Å². The van der Waals surface area contributed by atoms with Crippen LogP contribution in [0.4, 0.5) is 0 Å². The van der Waals surface area contributed by atoms with Crippen molar-refractivity contribution in [3.8, 4) is 0 Å². The molecule has 0 aliphatic carbocycles. The van der Waals surface area contributed by atoms with E-state index in [4.69, 9.17) is 9.47 Å². The molecule has 0 radical (unpaired) electrons. The number of carboxylic acid groups (broad SMARTS) is 1. The van der Waals surface area contributed by atoms with Gasteiger partial charge in [0.2, 0.25) is 0 Å². The SMILES string of the molecule is CCCC[C@@H](C)[C@H](CC=C[C@H](N[C@@H]1CCCOC1)C(=O)O)OC. The lowest BCUT2D eigenvalue weighted by atomic mass is 9.95. The number of carboxylic acids is 1. The van der Waals surface area contributed by atoms with Crippen LogP contribution < -0.4 is 5.32 Å². The molecule has 0 aromatic rings. The van der Waals surface area contributed by atoms with Gasteiger partial charge in [0.25, 0.3) is 0 Å². The van der Waals surface area contributed by atoms with E-state index in [2.05, 4.69) is 19.2 Å². The first kappa shape index (κ1) is 20.1. The first-order valence-corrected chi connectivity index (χ1v) is 8.84. The van der Waals surface area contributed by atoms with Gasteiger partial charge in [0, 0.05) is 19.8 Å². The number of rotatable bonds is 11. The summed E-state index contributed by atoms with van der Waals surface area (Å²) in [5.74, 6) is -0.368. The zero-order chi connectivity index (χ0) is 17.1. The van der Waals surface area contributed by atoms with Crippen LogP contribution in [-0.4, -0.2) is 49.6 Å². The molecule has 1 heterocycles. The second-order valence-electron chi connectivity index (χ2n) is 6.45. The van der Waals surface area contributed by atoms with E-state index in [9.17, 15) is 9.90 Å². The Balaban J connectivity index is 2.47. The quantitative estimate of drug-likeness (QED) is 0.571. The lowest BCUT2D eigenvalue weighted by Crippen LogP contribution is -2.46. The Hall–Kier alpha value is -0.910. The zero-order valence-corrected chi connectivity index (χ0v) is 14.8. The Labute approximate surface area is 140 Å². The molecule has 1 saturated heterocycles. The fourth-order valence-corrected chi connectivity index (χ4v) is 2.96. The maximum atomic E-state index is 11.4. The van der Waals surface area contributed by atoms with Crippen LogP contribution in [-0.2, 0) is 14.3 Å². The Morgan fingerprint density at radius 3 is 2.87 bits per heavy atom. The molecular weight excluding hydrogens is 294 g/mol. The number of aliphatic carboxylic acids is 1. The maximum absolute atomic E-state index is 11.4. The van der Waals surface area contributed by atoms with Gasteiger partial charge in [0.05, 0.1) is 12.7 Å². The van der Waals surface area contributed by atoms with Crippen LogP contribution in [0.1, 0.15) is 52.4 Å². The van der Waals surface area contributed by atoms with Crippen molar-refractivity contribution >= 4 is 5.97 Å². The molecule has 4 atom stereocenters. The highest BCUT2D eigenvalue weighted by molar-refractivity contribution is 5.75. The Morgan fingerprint density at radius 2 is 2.30 bits per heavy atom. The van der Waals surface area contributed by atoms with Gasteiger partial charge in [-0.1, -0.05) is 38.8 Å². The van der Waals surface area contributed by atoms with Gasteiger partial charge in [-0.15, -0.1) is 0 Å². The molecule has 0 bridgehead atoms. The van der Waals surface area contributed by atoms with Gasteiger partial charge in [0.1, 0.15) is 6.04 Å². The molecule has 134 valence electrons. The summed E-state index contributed by atoms with van der Waals surface area (Å²) in [5.41, 5.74) is 0. The molecule has 1 aliphatic heterocycles. The predicted molar refractivity (Wildman–Crippen MR) is 91.6 cm³/mol. The molecule has 1 aliphatic rings. The van der Waals surface area contributed by atoms with Crippen molar-refractivity contribution in [3.05, 3.63) is 12.2 Å². The summed E-state index contributed by atoms with van der Waals surface area (Å²) >= 11 is 0.